The average Bonchev–Trinajstić information content (AvgIpc) is 3.21. The zero-order valence-electron chi connectivity index (χ0n) is 15.7. The number of hydrogen-bond acceptors (Lipinski definition) is 4. The van der Waals surface area contributed by atoms with Gasteiger partial charge >= 0.3 is 0 Å². The van der Waals surface area contributed by atoms with Crippen LogP contribution < -0.4 is 9.64 Å². The lowest BCUT2D eigenvalue weighted by Gasteiger charge is -2.35. The molecule has 0 amide bonds. The van der Waals surface area contributed by atoms with Crippen LogP contribution in [0.5, 0.6) is 5.75 Å². The number of ether oxygens (including phenoxy) is 1. The summed E-state index contributed by atoms with van der Waals surface area (Å²) in [7, 11) is 1.68. The highest BCUT2D eigenvalue weighted by Crippen LogP contribution is 2.25. The summed E-state index contributed by atoms with van der Waals surface area (Å²) < 4.78 is 7.46. The number of anilines is 1. The van der Waals surface area contributed by atoms with E-state index < -0.39 is 0 Å². The topological polar surface area (TPSA) is 33.5 Å². The third-order valence-corrected chi connectivity index (χ3v) is 5.74. The molecule has 1 saturated heterocycles. The summed E-state index contributed by atoms with van der Waals surface area (Å²) in [6, 6.07) is 13.9. The molecule has 0 N–H and O–H groups in total. The Morgan fingerprint density at radius 3 is 2.57 bits per heavy atom. The van der Waals surface area contributed by atoms with E-state index in [1.807, 2.05) is 48.8 Å². The molecule has 5 nitrogen and oxygen atoms in total. The van der Waals surface area contributed by atoms with Gasteiger partial charge in [0.15, 0.2) is 0 Å². The number of benzene rings is 2. The molecule has 28 heavy (non-hydrogen) atoms. The first-order chi connectivity index (χ1) is 13.6. The van der Waals surface area contributed by atoms with Crippen molar-refractivity contribution in [3.63, 3.8) is 0 Å². The van der Waals surface area contributed by atoms with Crippen LogP contribution in [-0.2, 0) is 6.54 Å². The van der Waals surface area contributed by atoms with E-state index in [1.54, 1.807) is 7.11 Å². The number of rotatable bonds is 5. The summed E-state index contributed by atoms with van der Waals surface area (Å²) in [4.78, 5) is 9.35. The van der Waals surface area contributed by atoms with Crippen molar-refractivity contribution in [1.82, 2.24) is 14.5 Å². The monoisotopic (exact) mass is 416 g/mol. The highest BCUT2D eigenvalue weighted by Gasteiger charge is 2.21. The Hall–Kier alpha value is -2.21. The van der Waals surface area contributed by atoms with E-state index in [-0.39, 0.29) is 0 Å². The summed E-state index contributed by atoms with van der Waals surface area (Å²) in [5.74, 6) is 1.80. The quantitative estimate of drug-likeness (QED) is 0.612. The maximum atomic E-state index is 6.14. The number of imidazole rings is 1. The fourth-order valence-electron chi connectivity index (χ4n) is 3.49. The molecular weight excluding hydrogens is 395 g/mol. The molecule has 1 aliphatic rings. The lowest BCUT2D eigenvalue weighted by atomic mass is 10.2. The van der Waals surface area contributed by atoms with Gasteiger partial charge in [-0.25, -0.2) is 4.98 Å². The minimum absolute atomic E-state index is 0.597. The molecule has 3 aromatic rings. The van der Waals surface area contributed by atoms with E-state index in [1.165, 1.54) is 5.56 Å². The van der Waals surface area contributed by atoms with Gasteiger partial charge in [-0.05, 0) is 29.8 Å². The third-order valence-electron chi connectivity index (χ3n) is 5.00. The van der Waals surface area contributed by atoms with E-state index in [0.29, 0.717) is 10.0 Å². The van der Waals surface area contributed by atoms with Gasteiger partial charge in [0, 0.05) is 51.2 Å². The second-order valence-corrected chi connectivity index (χ2v) is 7.62. The van der Waals surface area contributed by atoms with Crippen LogP contribution in [0.3, 0.4) is 0 Å². The summed E-state index contributed by atoms with van der Waals surface area (Å²) in [5.41, 5.74) is 2.23. The first-order valence-corrected chi connectivity index (χ1v) is 9.98. The highest BCUT2D eigenvalue weighted by molar-refractivity contribution is 6.42. The summed E-state index contributed by atoms with van der Waals surface area (Å²) in [6.45, 7) is 4.64. The Morgan fingerprint density at radius 2 is 1.82 bits per heavy atom. The second kappa shape index (κ2) is 8.43. The smallest absolute Gasteiger partial charge is 0.210 e. The van der Waals surface area contributed by atoms with Gasteiger partial charge in [-0.2, -0.15) is 0 Å². The molecule has 146 valence electrons. The normalized spacial score (nSPS) is 15.0. The molecule has 0 saturated carbocycles. The van der Waals surface area contributed by atoms with Gasteiger partial charge in [-0.3, -0.25) is 9.47 Å². The lowest BCUT2D eigenvalue weighted by Crippen LogP contribution is -2.46. The van der Waals surface area contributed by atoms with Crippen molar-refractivity contribution in [2.24, 2.45) is 0 Å². The predicted molar refractivity (Wildman–Crippen MR) is 114 cm³/mol. The van der Waals surface area contributed by atoms with Crippen LogP contribution in [0.4, 0.5) is 5.95 Å². The number of piperazine rings is 1. The van der Waals surface area contributed by atoms with Gasteiger partial charge in [0.1, 0.15) is 5.75 Å². The fourth-order valence-corrected chi connectivity index (χ4v) is 3.81. The van der Waals surface area contributed by atoms with Crippen molar-refractivity contribution in [1.29, 1.82) is 0 Å². The van der Waals surface area contributed by atoms with Crippen LogP contribution in [0.15, 0.2) is 54.9 Å². The Kier molecular flexibility index (Phi) is 5.76. The van der Waals surface area contributed by atoms with E-state index >= 15 is 0 Å². The van der Waals surface area contributed by atoms with Gasteiger partial charge in [0.05, 0.1) is 22.8 Å². The Bertz CT molecular complexity index is 951. The molecule has 0 radical (unpaired) electrons. The second-order valence-electron chi connectivity index (χ2n) is 6.81. The number of halogens is 2. The zero-order chi connectivity index (χ0) is 19.5. The number of methoxy groups -OCH3 is 1. The van der Waals surface area contributed by atoms with Crippen molar-refractivity contribution in [2.75, 3.05) is 38.2 Å². The first kappa shape index (κ1) is 19.1. The summed E-state index contributed by atoms with van der Waals surface area (Å²) >= 11 is 12.2. The molecule has 2 heterocycles. The fraction of sp³-hybridized carbons (Fsp3) is 0.286. The van der Waals surface area contributed by atoms with E-state index in [4.69, 9.17) is 27.9 Å². The first-order valence-electron chi connectivity index (χ1n) is 9.23. The van der Waals surface area contributed by atoms with E-state index in [0.717, 1.165) is 50.1 Å². The van der Waals surface area contributed by atoms with Crippen molar-refractivity contribution in [3.05, 3.63) is 70.5 Å². The molecule has 0 bridgehead atoms. The standard InChI is InChI=1S/C21H22Cl2N4O/c1-28-18-4-2-3-17(14-18)27-8-7-24-21(27)26-11-9-25(10-12-26)15-16-5-6-19(22)20(23)13-16/h2-8,13-14H,9-12,15H2,1H3. The summed E-state index contributed by atoms with van der Waals surface area (Å²) in [6.07, 6.45) is 3.84. The van der Waals surface area contributed by atoms with Crippen molar-refractivity contribution < 1.29 is 4.74 Å². The van der Waals surface area contributed by atoms with Gasteiger partial charge in [-0.15, -0.1) is 0 Å². The van der Waals surface area contributed by atoms with Crippen LogP contribution >= 0.6 is 23.2 Å². The van der Waals surface area contributed by atoms with Crippen LogP contribution in [-0.4, -0.2) is 47.7 Å². The Morgan fingerprint density at radius 1 is 1.00 bits per heavy atom. The van der Waals surface area contributed by atoms with Crippen molar-refractivity contribution in [3.8, 4) is 11.4 Å². The van der Waals surface area contributed by atoms with Gasteiger partial charge in [-0.1, -0.05) is 35.3 Å². The lowest BCUT2D eigenvalue weighted by molar-refractivity contribution is 0.248. The van der Waals surface area contributed by atoms with Crippen LogP contribution in [0, 0.1) is 0 Å². The third kappa shape index (κ3) is 4.12. The zero-order valence-corrected chi connectivity index (χ0v) is 17.2. The molecule has 7 heteroatoms. The molecular formula is C21H22Cl2N4O. The maximum absolute atomic E-state index is 6.14. The van der Waals surface area contributed by atoms with Crippen LogP contribution in [0.25, 0.3) is 5.69 Å². The van der Waals surface area contributed by atoms with Crippen molar-refractivity contribution in [2.45, 2.75) is 6.54 Å². The number of nitrogens with zero attached hydrogens (tertiary/aromatic N) is 4. The Labute approximate surface area is 175 Å². The minimum Gasteiger partial charge on any atom is -0.497 e. The van der Waals surface area contributed by atoms with Crippen LogP contribution in [0.2, 0.25) is 10.0 Å². The molecule has 0 spiro atoms. The number of hydrogen-bond donors (Lipinski definition) is 0. The molecule has 0 aliphatic carbocycles. The SMILES string of the molecule is COc1cccc(-n2ccnc2N2CCN(Cc3ccc(Cl)c(Cl)c3)CC2)c1. The Balaban J connectivity index is 1.43. The van der Waals surface area contributed by atoms with Crippen molar-refractivity contribution >= 4 is 29.2 Å². The highest BCUT2D eigenvalue weighted by atomic mass is 35.5. The molecule has 2 aromatic carbocycles. The van der Waals surface area contributed by atoms with Gasteiger partial charge in [0.2, 0.25) is 5.95 Å². The van der Waals surface area contributed by atoms with Crippen LogP contribution in [0.1, 0.15) is 5.56 Å². The molecule has 1 fully saturated rings. The van der Waals surface area contributed by atoms with Gasteiger partial charge in [0.25, 0.3) is 0 Å². The predicted octanol–water partition coefficient (Wildman–Crippen LogP) is 4.51. The molecule has 4 rings (SSSR count). The van der Waals surface area contributed by atoms with E-state index in [2.05, 4.69) is 25.4 Å². The molecule has 0 atom stereocenters. The summed E-state index contributed by atoms with van der Waals surface area (Å²) in [5, 5.41) is 1.21. The van der Waals surface area contributed by atoms with Gasteiger partial charge < -0.3 is 9.64 Å². The molecule has 1 aliphatic heterocycles. The average molecular weight is 417 g/mol. The largest absolute Gasteiger partial charge is 0.497 e. The minimum atomic E-state index is 0.597. The molecule has 1 aromatic heterocycles. The number of aromatic nitrogens is 2. The van der Waals surface area contributed by atoms with E-state index in [9.17, 15) is 0 Å². The molecule has 0 unspecified atom stereocenters. The maximum Gasteiger partial charge on any atom is 0.210 e.